The van der Waals surface area contributed by atoms with E-state index in [2.05, 4.69) is 6.07 Å². The molecule has 3 heteroatoms. The molecule has 0 saturated carbocycles. The fraction of sp³-hybridized carbons (Fsp3) is 0.375. The van der Waals surface area contributed by atoms with Crippen molar-refractivity contribution in [3.63, 3.8) is 0 Å². The summed E-state index contributed by atoms with van der Waals surface area (Å²) in [7, 11) is 0. The zero-order valence-electron chi connectivity index (χ0n) is 6.49. The van der Waals surface area contributed by atoms with Crippen molar-refractivity contribution in [2.75, 3.05) is 0 Å². The molecular formula is C8H11N3. The van der Waals surface area contributed by atoms with Gasteiger partial charge in [0, 0.05) is 17.9 Å². The molecule has 0 saturated heterocycles. The van der Waals surface area contributed by atoms with Crippen LogP contribution in [0, 0.1) is 11.3 Å². The second kappa shape index (κ2) is 3.22. The van der Waals surface area contributed by atoms with Crippen LogP contribution < -0.4 is 5.73 Å². The smallest absolute Gasteiger partial charge is 0.109 e. The van der Waals surface area contributed by atoms with Crippen LogP contribution in [0.1, 0.15) is 18.7 Å². The van der Waals surface area contributed by atoms with Crippen molar-refractivity contribution >= 4 is 0 Å². The maximum absolute atomic E-state index is 8.43. The number of hydrogen-bond acceptors (Lipinski definition) is 2. The Balaban J connectivity index is 2.89. The monoisotopic (exact) mass is 149 g/mol. The van der Waals surface area contributed by atoms with Crippen molar-refractivity contribution in [1.29, 1.82) is 5.26 Å². The Morgan fingerprint density at radius 1 is 1.82 bits per heavy atom. The molecule has 0 radical (unpaired) electrons. The lowest BCUT2D eigenvalue weighted by atomic mass is 10.2. The van der Waals surface area contributed by atoms with Crippen molar-refractivity contribution in [2.45, 2.75) is 19.5 Å². The molecule has 0 fully saturated rings. The summed E-state index contributed by atoms with van der Waals surface area (Å²) in [5, 5.41) is 8.43. The predicted molar refractivity (Wildman–Crippen MR) is 42.6 cm³/mol. The molecule has 1 rings (SSSR count). The second-order valence-corrected chi connectivity index (χ2v) is 2.51. The third-order valence-electron chi connectivity index (χ3n) is 1.57. The van der Waals surface area contributed by atoms with Gasteiger partial charge in [0.2, 0.25) is 0 Å². The van der Waals surface area contributed by atoms with E-state index in [4.69, 9.17) is 11.0 Å². The van der Waals surface area contributed by atoms with Gasteiger partial charge in [-0.3, -0.25) is 0 Å². The maximum Gasteiger partial charge on any atom is 0.109 e. The standard InChI is InChI=1S/C8H11N3/c1-7(10)8-3-2-5-11(8)6-4-9/h2-3,5,7H,6,10H2,1H3. The summed E-state index contributed by atoms with van der Waals surface area (Å²) in [5.74, 6) is 0. The fourth-order valence-electron chi connectivity index (χ4n) is 1.06. The van der Waals surface area contributed by atoms with E-state index in [9.17, 15) is 0 Å². The summed E-state index contributed by atoms with van der Waals surface area (Å²) < 4.78 is 1.85. The van der Waals surface area contributed by atoms with Crippen LogP contribution in [0.25, 0.3) is 0 Å². The maximum atomic E-state index is 8.43. The van der Waals surface area contributed by atoms with Gasteiger partial charge < -0.3 is 10.3 Å². The molecule has 0 aliphatic rings. The zero-order chi connectivity index (χ0) is 8.27. The molecule has 1 unspecified atom stereocenters. The molecule has 0 aromatic carbocycles. The van der Waals surface area contributed by atoms with E-state index in [0.29, 0.717) is 6.54 Å². The number of hydrogen-bond donors (Lipinski definition) is 1. The molecule has 1 aromatic heterocycles. The number of nitrogens with zero attached hydrogens (tertiary/aromatic N) is 2. The first kappa shape index (κ1) is 7.83. The van der Waals surface area contributed by atoms with Crippen LogP contribution in [0.2, 0.25) is 0 Å². The van der Waals surface area contributed by atoms with Crippen LogP contribution in [-0.2, 0) is 6.54 Å². The number of nitriles is 1. The summed E-state index contributed by atoms with van der Waals surface area (Å²) >= 11 is 0. The highest BCUT2D eigenvalue weighted by molar-refractivity contribution is 5.11. The van der Waals surface area contributed by atoms with E-state index in [-0.39, 0.29) is 6.04 Å². The first-order valence-corrected chi connectivity index (χ1v) is 3.53. The Morgan fingerprint density at radius 3 is 3.09 bits per heavy atom. The van der Waals surface area contributed by atoms with Crippen molar-refractivity contribution in [3.8, 4) is 6.07 Å². The Labute approximate surface area is 66.0 Å². The van der Waals surface area contributed by atoms with Crippen molar-refractivity contribution < 1.29 is 0 Å². The highest BCUT2D eigenvalue weighted by atomic mass is 15.0. The summed E-state index contributed by atoms with van der Waals surface area (Å²) in [4.78, 5) is 0. The van der Waals surface area contributed by atoms with Crippen LogP contribution in [0.15, 0.2) is 18.3 Å². The lowest BCUT2D eigenvalue weighted by molar-refractivity contribution is 0.688. The van der Waals surface area contributed by atoms with Crippen LogP contribution in [0.3, 0.4) is 0 Å². The molecule has 11 heavy (non-hydrogen) atoms. The minimum atomic E-state index is -0.00153. The van der Waals surface area contributed by atoms with E-state index >= 15 is 0 Å². The van der Waals surface area contributed by atoms with Gasteiger partial charge in [-0.2, -0.15) is 5.26 Å². The van der Waals surface area contributed by atoms with E-state index < -0.39 is 0 Å². The average Bonchev–Trinajstić information content (AvgIpc) is 2.36. The van der Waals surface area contributed by atoms with Crippen LogP contribution in [0.4, 0.5) is 0 Å². The molecule has 0 bridgehead atoms. The van der Waals surface area contributed by atoms with Gasteiger partial charge >= 0.3 is 0 Å². The Hall–Kier alpha value is -1.27. The molecule has 0 aliphatic carbocycles. The van der Waals surface area contributed by atoms with Crippen molar-refractivity contribution in [2.24, 2.45) is 5.73 Å². The fourth-order valence-corrected chi connectivity index (χ4v) is 1.06. The van der Waals surface area contributed by atoms with E-state index in [1.807, 2.05) is 29.8 Å². The molecule has 58 valence electrons. The predicted octanol–water partition coefficient (Wildman–Crippen LogP) is 1.03. The summed E-state index contributed by atoms with van der Waals surface area (Å²) in [5.41, 5.74) is 6.67. The average molecular weight is 149 g/mol. The summed E-state index contributed by atoms with van der Waals surface area (Å²) in [6.07, 6.45) is 1.86. The van der Waals surface area contributed by atoms with Gasteiger partial charge in [0.25, 0.3) is 0 Å². The minimum absolute atomic E-state index is 0.00153. The van der Waals surface area contributed by atoms with Crippen LogP contribution >= 0.6 is 0 Å². The highest BCUT2D eigenvalue weighted by Gasteiger charge is 2.03. The zero-order valence-corrected chi connectivity index (χ0v) is 6.49. The third-order valence-corrected chi connectivity index (χ3v) is 1.57. The number of rotatable bonds is 2. The molecule has 1 heterocycles. The molecule has 1 atom stereocenters. The minimum Gasteiger partial charge on any atom is -0.336 e. The largest absolute Gasteiger partial charge is 0.336 e. The molecule has 2 N–H and O–H groups in total. The number of aromatic nitrogens is 1. The van der Waals surface area contributed by atoms with Gasteiger partial charge in [0.05, 0.1) is 6.07 Å². The first-order valence-electron chi connectivity index (χ1n) is 3.53. The molecule has 0 spiro atoms. The van der Waals surface area contributed by atoms with Gasteiger partial charge in [0.15, 0.2) is 0 Å². The normalized spacial score (nSPS) is 12.5. The Kier molecular flexibility index (Phi) is 2.29. The van der Waals surface area contributed by atoms with Gasteiger partial charge in [-0.05, 0) is 19.1 Å². The van der Waals surface area contributed by atoms with Gasteiger partial charge in [-0.1, -0.05) is 0 Å². The quantitative estimate of drug-likeness (QED) is 0.682. The van der Waals surface area contributed by atoms with Gasteiger partial charge in [-0.15, -0.1) is 0 Å². The second-order valence-electron chi connectivity index (χ2n) is 2.51. The molecule has 1 aromatic rings. The van der Waals surface area contributed by atoms with Crippen LogP contribution in [0.5, 0.6) is 0 Å². The van der Waals surface area contributed by atoms with Gasteiger partial charge in [0.1, 0.15) is 6.54 Å². The van der Waals surface area contributed by atoms with Crippen molar-refractivity contribution in [1.82, 2.24) is 4.57 Å². The molecule has 0 amide bonds. The van der Waals surface area contributed by atoms with E-state index in [1.54, 1.807) is 0 Å². The van der Waals surface area contributed by atoms with Crippen molar-refractivity contribution in [3.05, 3.63) is 24.0 Å². The molecule has 0 aliphatic heterocycles. The SMILES string of the molecule is CC(N)c1cccn1CC#N. The number of nitrogens with two attached hydrogens (primary N) is 1. The highest BCUT2D eigenvalue weighted by Crippen LogP contribution is 2.09. The van der Waals surface area contributed by atoms with Gasteiger partial charge in [-0.25, -0.2) is 0 Å². The van der Waals surface area contributed by atoms with E-state index in [1.165, 1.54) is 0 Å². The topological polar surface area (TPSA) is 54.7 Å². The Morgan fingerprint density at radius 2 is 2.55 bits per heavy atom. The summed E-state index contributed by atoms with van der Waals surface area (Å²) in [6, 6.07) is 5.90. The lowest BCUT2D eigenvalue weighted by Crippen LogP contribution is -2.11. The van der Waals surface area contributed by atoms with E-state index in [0.717, 1.165) is 5.69 Å². The molecular weight excluding hydrogens is 138 g/mol. The first-order chi connectivity index (χ1) is 5.25. The third kappa shape index (κ3) is 1.60. The molecule has 3 nitrogen and oxygen atoms in total. The Bertz CT molecular complexity index is 267. The lowest BCUT2D eigenvalue weighted by Gasteiger charge is -2.07. The van der Waals surface area contributed by atoms with Crippen LogP contribution in [-0.4, -0.2) is 4.57 Å². The summed E-state index contributed by atoms with van der Waals surface area (Å²) in [6.45, 7) is 2.28.